The average Bonchev–Trinajstić information content (AvgIpc) is 3.16. The minimum absolute atomic E-state index is 0.0159. The van der Waals surface area contributed by atoms with Crippen molar-refractivity contribution in [3.05, 3.63) is 52.3 Å². The van der Waals surface area contributed by atoms with Gasteiger partial charge in [0.1, 0.15) is 17.1 Å². The molecule has 40 heavy (non-hydrogen) atoms. The van der Waals surface area contributed by atoms with E-state index in [9.17, 15) is 45.4 Å². The molecule has 3 amide bonds. The topological polar surface area (TPSA) is 76.6 Å². The van der Waals surface area contributed by atoms with Gasteiger partial charge in [-0.25, -0.2) is 14.0 Å². The number of alkyl halides is 6. The fraction of sp³-hybridized carbons (Fsp3) is 0.417. The van der Waals surface area contributed by atoms with Gasteiger partial charge in [0.15, 0.2) is 5.75 Å². The highest BCUT2D eigenvalue weighted by molar-refractivity contribution is 6.35. The number of hydrogen-bond acceptors (Lipinski definition) is 5. The van der Waals surface area contributed by atoms with Gasteiger partial charge < -0.3 is 19.6 Å². The molecule has 220 valence electrons. The highest BCUT2D eigenvalue weighted by Gasteiger charge is 2.46. The number of urea groups is 1. The Morgan fingerprint density at radius 3 is 2.15 bits per heavy atom. The molecule has 2 aromatic carbocycles. The Morgan fingerprint density at radius 2 is 1.62 bits per heavy atom. The zero-order valence-corrected chi connectivity index (χ0v) is 22.0. The van der Waals surface area contributed by atoms with Crippen LogP contribution in [0, 0.1) is 5.82 Å². The molecule has 1 aliphatic heterocycles. The maximum Gasteiger partial charge on any atom is 0.420 e. The van der Waals surface area contributed by atoms with Gasteiger partial charge in [0.2, 0.25) is 0 Å². The van der Waals surface area contributed by atoms with Crippen molar-refractivity contribution in [1.82, 2.24) is 9.80 Å². The number of amides is 3. The van der Waals surface area contributed by atoms with E-state index in [1.807, 2.05) is 0 Å². The number of aliphatic hydroxyl groups is 1. The SMILES string of the molecule is CN(C)CC(O)CN1CCN(c2c(Cl)c(C(F)(F)F)cc(C(F)(F)F)c2OC(=O)N(C)c2ccc(F)cc2)C1=O. The van der Waals surface area contributed by atoms with E-state index in [2.05, 4.69) is 0 Å². The molecule has 1 saturated heterocycles. The number of ether oxygens (including phenoxy) is 1. The standard InChI is InChI=1S/C24H24ClF7N4O4/c1-33(2)11-15(37)12-35-8-9-36(21(35)38)19-18(25)16(23(27,28)29)10-17(24(30,31)32)20(19)40-22(39)34(3)14-6-4-13(26)5-7-14/h4-7,10,15,37H,8-9,11-12H2,1-3H3. The van der Waals surface area contributed by atoms with Gasteiger partial charge >= 0.3 is 24.5 Å². The molecule has 1 fully saturated rings. The number of hydrogen-bond donors (Lipinski definition) is 1. The number of halogens is 8. The lowest BCUT2D eigenvalue weighted by Crippen LogP contribution is -2.40. The first-order chi connectivity index (χ1) is 18.4. The van der Waals surface area contributed by atoms with Crippen LogP contribution in [0.25, 0.3) is 0 Å². The van der Waals surface area contributed by atoms with Crippen LogP contribution in [0.3, 0.4) is 0 Å². The summed E-state index contributed by atoms with van der Waals surface area (Å²) >= 11 is 5.98. The number of carbonyl (C=O) groups is 2. The molecule has 3 rings (SSSR count). The smallest absolute Gasteiger partial charge is 0.407 e. The molecule has 0 bridgehead atoms. The lowest BCUT2D eigenvalue weighted by atomic mass is 10.1. The van der Waals surface area contributed by atoms with Gasteiger partial charge in [0, 0.05) is 38.9 Å². The van der Waals surface area contributed by atoms with Crippen molar-refractivity contribution in [3.8, 4) is 5.75 Å². The van der Waals surface area contributed by atoms with Gasteiger partial charge in [-0.3, -0.25) is 9.80 Å². The molecule has 1 heterocycles. The Kier molecular flexibility index (Phi) is 9.11. The van der Waals surface area contributed by atoms with Crippen molar-refractivity contribution >= 4 is 35.1 Å². The van der Waals surface area contributed by atoms with E-state index in [1.54, 1.807) is 19.0 Å². The number of aliphatic hydroxyl groups excluding tert-OH is 1. The fourth-order valence-corrected chi connectivity index (χ4v) is 4.36. The molecular weight excluding hydrogens is 577 g/mol. The van der Waals surface area contributed by atoms with Crippen molar-refractivity contribution in [1.29, 1.82) is 0 Å². The van der Waals surface area contributed by atoms with Crippen LogP contribution in [0.2, 0.25) is 5.02 Å². The largest absolute Gasteiger partial charge is 0.420 e. The summed E-state index contributed by atoms with van der Waals surface area (Å²) in [5.74, 6) is -2.09. The van der Waals surface area contributed by atoms with Gasteiger partial charge in [0.05, 0.1) is 16.7 Å². The van der Waals surface area contributed by atoms with E-state index in [0.29, 0.717) is 9.80 Å². The molecule has 1 N–H and O–H groups in total. The Hall–Kier alpha value is -3.30. The molecule has 2 aromatic rings. The molecule has 0 aromatic heterocycles. The van der Waals surface area contributed by atoms with Gasteiger partial charge in [-0.1, -0.05) is 11.6 Å². The summed E-state index contributed by atoms with van der Waals surface area (Å²) in [5.41, 5.74) is -5.03. The van der Waals surface area contributed by atoms with Gasteiger partial charge in [-0.15, -0.1) is 0 Å². The third-order valence-corrected chi connectivity index (χ3v) is 6.24. The zero-order valence-electron chi connectivity index (χ0n) is 21.3. The molecule has 1 unspecified atom stereocenters. The van der Waals surface area contributed by atoms with E-state index in [4.69, 9.17) is 16.3 Å². The Balaban J connectivity index is 2.13. The summed E-state index contributed by atoms with van der Waals surface area (Å²) in [5, 5.41) is 8.90. The van der Waals surface area contributed by atoms with Crippen LogP contribution in [0.5, 0.6) is 5.75 Å². The van der Waals surface area contributed by atoms with Crippen LogP contribution >= 0.6 is 11.6 Å². The van der Waals surface area contributed by atoms with Crippen LogP contribution in [0.15, 0.2) is 30.3 Å². The molecule has 1 aliphatic rings. The summed E-state index contributed by atoms with van der Waals surface area (Å²) in [6, 6.07) is 2.79. The van der Waals surface area contributed by atoms with E-state index < -0.39 is 70.5 Å². The second-order valence-electron chi connectivity index (χ2n) is 9.16. The predicted octanol–water partition coefficient (Wildman–Crippen LogP) is 5.32. The van der Waals surface area contributed by atoms with E-state index in [0.717, 1.165) is 36.2 Å². The maximum absolute atomic E-state index is 14.1. The quantitative estimate of drug-likeness (QED) is 0.436. The summed E-state index contributed by atoms with van der Waals surface area (Å²) in [6.45, 7) is -0.770. The second kappa shape index (κ2) is 11.7. The van der Waals surface area contributed by atoms with Crippen LogP contribution in [0.1, 0.15) is 11.1 Å². The monoisotopic (exact) mass is 600 g/mol. The lowest BCUT2D eigenvalue weighted by Gasteiger charge is -2.27. The molecule has 8 nitrogen and oxygen atoms in total. The normalized spacial score (nSPS) is 15.2. The molecule has 0 saturated carbocycles. The van der Waals surface area contributed by atoms with Gasteiger partial charge in [-0.2, -0.15) is 26.3 Å². The summed E-state index contributed by atoms with van der Waals surface area (Å²) < 4.78 is 102. The molecular formula is C24H24ClF7N4O4. The first kappa shape index (κ1) is 31.2. The minimum atomic E-state index is -5.48. The van der Waals surface area contributed by atoms with Crippen molar-refractivity contribution in [2.45, 2.75) is 18.5 Å². The van der Waals surface area contributed by atoms with Crippen LogP contribution in [0.4, 0.5) is 51.7 Å². The molecule has 1 atom stereocenters. The number of β-amino-alcohol motifs (C(OH)–C–C–N with tert-alkyl or cyclic N) is 1. The first-order valence-corrected chi connectivity index (χ1v) is 11.9. The molecule has 0 aliphatic carbocycles. The molecule has 0 radical (unpaired) electrons. The predicted molar refractivity (Wildman–Crippen MR) is 131 cm³/mol. The third-order valence-electron chi connectivity index (χ3n) is 5.85. The van der Waals surface area contributed by atoms with Crippen molar-refractivity contribution in [3.63, 3.8) is 0 Å². The number of benzene rings is 2. The van der Waals surface area contributed by atoms with Crippen LogP contribution < -0.4 is 14.5 Å². The fourth-order valence-electron chi connectivity index (χ4n) is 4.01. The van der Waals surface area contributed by atoms with E-state index in [1.165, 1.54) is 0 Å². The van der Waals surface area contributed by atoms with E-state index >= 15 is 0 Å². The molecule has 0 spiro atoms. The van der Waals surface area contributed by atoms with E-state index in [-0.39, 0.29) is 31.4 Å². The number of likely N-dealkylation sites (N-methyl/N-ethyl adjacent to an activating group) is 1. The average molecular weight is 601 g/mol. The van der Waals surface area contributed by atoms with Crippen molar-refractivity contribution in [2.24, 2.45) is 0 Å². The van der Waals surface area contributed by atoms with Crippen molar-refractivity contribution < 1.29 is 50.2 Å². The second-order valence-corrected chi connectivity index (χ2v) is 9.54. The first-order valence-electron chi connectivity index (χ1n) is 11.5. The number of anilines is 2. The third kappa shape index (κ3) is 6.88. The number of carbonyl (C=O) groups excluding carboxylic acids is 2. The van der Waals surface area contributed by atoms with Gasteiger partial charge in [-0.05, 0) is 44.4 Å². The van der Waals surface area contributed by atoms with Crippen molar-refractivity contribution in [2.75, 3.05) is 57.1 Å². The Morgan fingerprint density at radius 1 is 1.05 bits per heavy atom. The maximum atomic E-state index is 14.1. The Labute approximate surface area is 229 Å². The highest BCUT2D eigenvalue weighted by Crippen LogP contribution is 2.51. The van der Waals surface area contributed by atoms with Gasteiger partial charge in [0.25, 0.3) is 0 Å². The Bertz CT molecular complexity index is 1260. The molecule has 16 heteroatoms. The van der Waals surface area contributed by atoms with Crippen LogP contribution in [-0.2, 0) is 12.4 Å². The number of nitrogens with zero attached hydrogens (tertiary/aromatic N) is 4. The summed E-state index contributed by atoms with van der Waals surface area (Å²) in [7, 11) is 4.36. The minimum Gasteiger partial charge on any atom is -0.407 e. The number of rotatable bonds is 7. The summed E-state index contributed by atoms with van der Waals surface area (Å²) in [4.78, 5) is 29.9. The van der Waals surface area contributed by atoms with Crippen LogP contribution in [-0.4, -0.2) is 80.5 Å². The highest BCUT2D eigenvalue weighted by atomic mass is 35.5. The zero-order chi connectivity index (χ0) is 30.2. The lowest BCUT2D eigenvalue weighted by molar-refractivity contribution is -0.143. The summed E-state index contributed by atoms with van der Waals surface area (Å²) in [6.07, 6.45) is -13.4.